The first-order chi connectivity index (χ1) is 10.8. The predicted molar refractivity (Wildman–Crippen MR) is 84.9 cm³/mol. The molecule has 0 bridgehead atoms. The van der Waals surface area contributed by atoms with E-state index >= 15 is 0 Å². The van der Waals surface area contributed by atoms with Crippen LogP contribution >= 0.6 is 0 Å². The van der Waals surface area contributed by atoms with Crippen LogP contribution in [0.5, 0.6) is 0 Å². The number of halogens is 1. The Labute approximate surface area is 128 Å². The molecule has 3 aromatic rings. The second-order valence-corrected chi connectivity index (χ2v) is 5.95. The topological polar surface area (TPSA) is 31.9 Å². The number of H-pyrrole nitrogens is 1. The van der Waals surface area contributed by atoms with E-state index in [1.54, 1.807) is 12.3 Å². The number of benzene rings is 1. The van der Waals surface area contributed by atoms with Gasteiger partial charge in [0.25, 0.3) is 0 Å². The summed E-state index contributed by atoms with van der Waals surface area (Å²) >= 11 is 0. The number of hydrogen-bond acceptors (Lipinski definition) is 2. The minimum Gasteiger partial charge on any atom is -0.358 e. The van der Waals surface area contributed by atoms with Gasteiger partial charge >= 0.3 is 0 Å². The normalized spacial score (nSPS) is 15.7. The third-order valence-corrected chi connectivity index (χ3v) is 4.37. The summed E-state index contributed by atoms with van der Waals surface area (Å²) in [4.78, 5) is 10.1. The first kappa shape index (κ1) is 13.5. The van der Waals surface area contributed by atoms with E-state index in [1.807, 2.05) is 18.3 Å². The average molecular weight is 295 g/mol. The number of hydrogen-bond donors (Lipinski definition) is 1. The van der Waals surface area contributed by atoms with Crippen molar-refractivity contribution in [2.24, 2.45) is 0 Å². The lowest BCUT2D eigenvalue weighted by molar-refractivity contribution is 0.261. The molecule has 1 aliphatic rings. The van der Waals surface area contributed by atoms with Gasteiger partial charge in [0.1, 0.15) is 5.82 Å². The van der Waals surface area contributed by atoms with Crippen molar-refractivity contribution in [3.8, 4) is 0 Å². The Morgan fingerprint density at radius 2 is 2.23 bits per heavy atom. The molecule has 0 fully saturated rings. The zero-order valence-corrected chi connectivity index (χ0v) is 12.3. The Bertz CT molecular complexity index is 795. The van der Waals surface area contributed by atoms with Crippen LogP contribution in [0, 0.1) is 5.82 Å². The number of aryl methyl sites for hydroxylation is 1. The van der Waals surface area contributed by atoms with E-state index in [9.17, 15) is 4.39 Å². The van der Waals surface area contributed by atoms with Gasteiger partial charge in [-0.2, -0.15) is 0 Å². The molecule has 0 aliphatic carbocycles. The Morgan fingerprint density at radius 1 is 1.27 bits per heavy atom. The summed E-state index contributed by atoms with van der Waals surface area (Å²) in [5.41, 5.74) is 4.76. The lowest BCUT2D eigenvalue weighted by atomic mass is 10.1. The predicted octanol–water partition coefficient (Wildman–Crippen LogP) is 3.65. The zero-order chi connectivity index (χ0) is 14.9. The summed E-state index contributed by atoms with van der Waals surface area (Å²) in [6.45, 7) is 2.79. The number of pyridine rings is 1. The van der Waals surface area contributed by atoms with Gasteiger partial charge in [0.2, 0.25) is 0 Å². The lowest BCUT2D eigenvalue weighted by Crippen LogP contribution is -2.22. The standard InChI is InChI=1S/C18H18FN3/c19-14-5-6-18-15(9-14)16-12-22(8-2-4-17(16)21-18)11-13-3-1-7-20-10-13/h1,3,5-7,9-10,21H,2,4,8,11-12H2. The molecule has 0 radical (unpaired) electrons. The van der Waals surface area contributed by atoms with Crippen LogP contribution in [0.2, 0.25) is 0 Å². The molecular weight excluding hydrogens is 277 g/mol. The molecule has 1 aromatic carbocycles. The maximum atomic E-state index is 13.6. The first-order valence-electron chi connectivity index (χ1n) is 7.70. The summed E-state index contributed by atoms with van der Waals surface area (Å²) in [5, 5.41) is 1.02. The molecule has 0 spiro atoms. The largest absolute Gasteiger partial charge is 0.358 e. The highest BCUT2D eigenvalue weighted by atomic mass is 19.1. The third kappa shape index (κ3) is 2.50. The van der Waals surface area contributed by atoms with E-state index in [0.717, 1.165) is 43.4 Å². The van der Waals surface area contributed by atoms with Crippen molar-refractivity contribution in [2.75, 3.05) is 6.54 Å². The number of rotatable bonds is 2. The second-order valence-electron chi connectivity index (χ2n) is 5.95. The fraction of sp³-hybridized carbons (Fsp3) is 0.278. The second kappa shape index (κ2) is 5.54. The van der Waals surface area contributed by atoms with Crippen LogP contribution in [0.3, 0.4) is 0 Å². The van der Waals surface area contributed by atoms with Gasteiger partial charge in [0, 0.05) is 42.1 Å². The van der Waals surface area contributed by atoms with Gasteiger partial charge in [-0.1, -0.05) is 6.07 Å². The molecule has 0 atom stereocenters. The molecule has 0 saturated heterocycles. The number of nitrogens with zero attached hydrogens (tertiary/aromatic N) is 2. The summed E-state index contributed by atoms with van der Waals surface area (Å²) in [5.74, 6) is -0.169. The lowest BCUT2D eigenvalue weighted by Gasteiger charge is -2.20. The van der Waals surface area contributed by atoms with Crippen molar-refractivity contribution in [2.45, 2.75) is 25.9 Å². The van der Waals surface area contributed by atoms with Gasteiger partial charge in [0.15, 0.2) is 0 Å². The summed E-state index contributed by atoms with van der Waals surface area (Å²) in [7, 11) is 0. The van der Waals surface area contributed by atoms with E-state index in [2.05, 4.69) is 20.9 Å². The van der Waals surface area contributed by atoms with E-state index in [4.69, 9.17) is 0 Å². The zero-order valence-electron chi connectivity index (χ0n) is 12.3. The molecule has 3 nitrogen and oxygen atoms in total. The summed E-state index contributed by atoms with van der Waals surface area (Å²) < 4.78 is 13.6. The third-order valence-electron chi connectivity index (χ3n) is 4.37. The monoisotopic (exact) mass is 295 g/mol. The van der Waals surface area contributed by atoms with Crippen LogP contribution in [-0.2, 0) is 19.5 Å². The molecule has 0 unspecified atom stereocenters. The number of aromatic amines is 1. The smallest absolute Gasteiger partial charge is 0.123 e. The van der Waals surface area contributed by atoms with Crippen LogP contribution in [0.1, 0.15) is 23.2 Å². The van der Waals surface area contributed by atoms with Gasteiger partial charge in [-0.3, -0.25) is 9.88 Å². The molecule has 3 heterocycles. The molecule has 22 heavy (non-hydrogen) atoms. The fourth-order valence-corrected chi connectivity index (χ4v) is 3.34. The molecule has 0 saturated carbocycles. The molecule has 0 amide bonds. The Morgan fingerprint density at radius 3 is 3.09 bits per heavy atom. The number of nitrogens with one attached hydrogen (secondary N) is 1. The fourth-order valence-electron chi connectivity index (χ4n) is 3.34. The summed E-state index contributed by atoms with van der Waals surface area (Å²) in [6.07, 6.45) is 5.85. The first-order valence-corrected chi connectivity index (χ1v) is 7.70. The average Bonchev–Trinajstić information content (AvgIpc) is 2.73. The minimum atomic E-state index is -0.169. The maximum absolute atomic E-state index is 13.6. The van der Waals surface area contributed by atoms with Gasteiger partial charge < -0.3 is 4.98 Å². The van der Waals surface area contributed by atoms with Crippen molar-refractivity contribution in [3.05, 3.63) is 65.4 Å². The van der Waals surface area contributed by atoms with Crippen LogP contribution in [0.15, 0.2) is 42.7 Å². The van der Waals surface area contributed by atoms with Crippen molar-refractivity contribution < 1.29 is 4.39 Å². The van der Waals surface area contributed by atoms with E-state index in [0.29, 0.717) is 0 Å². The molecule has 1 aliphatic heterocycles. The highest BCUT2D eigenvalue weighted by Crippen LogP contribution is 2.28. The van der Waals surface area contributed by atoms with Gasteiger partial charge in [-0.25, -0.2) is 4.39 Å². The van der Waals surface area contributed by atoms with Crippen molar-refractivity contribution >= 4 is 10.9 Å². The Kier molecular flexibility index (Phi) is 3.39. The van der Waals surface area contributed by atoms with Crippen molar-refractivity contribution in [1.82, 2.24) is 14.9 Å². The molecular formula is C18H18FN3. The van der Waals surface area contributed by atoms with Crippen LogP contribution in [0.25, 0.3) is 10.9 Å². The molecule has 1 N–H and O–H groups in total. The summed E-state index contributed by atoms with van der Waals surface area (Å²) in [6, 6.07) is 9.09. The quantitative estimate of drug-likeness (QED) is 0.782. The van der Waals surface area contributed by atoms with E-state index in [1.165, 1.54) is 22.9 Å². The van der Waals surface area contributed by atoms with Crippen LogP contribution < -0.4 is 0 Å². The molecule has 2 aromatic heterocycles. The molecule has 4 heteroatoms. The maximum Gasteiger partial charge on any atom is 0.123 e. The highest BCUT2D eigenvalue weighted by molar-refractivity contribution is 5.84. The van der Waals surface area contributed by atoms with Crippen LogP contribution in [-0.4, -0.2) is 21.4 Å². The van der Waals surface area contributed by atoms with Gasteiger partial charge in [0.05, 0.1) is 0 Å². The van der Waals surface area contributed by atoms with Crippen molar-refractivity contribution in [3.63, 3.8) is 0 Å². The van der Waals surface area contributed by atoms with Gasteiger partial charge in [-0.05, 0) is 54.8 Å². The SMILES string of the molecule is Fc1ccc2[nH]c3c(c2c1)CN(Cc1cccnc1)CCC3. The Balaban J connectivity index is 1.67. The minimum absolute atomic E-state index is 0.169. The molecule has 112 valence electrons. The van der Waals surface area contributed by atoms with E-state index in [-0.39, 0.29) is 5.82 Å². The van der Waals surface area contributed by atoms with Crippen LogP contribution in [0.4, 0.5) is 4.39 Å². The van der Waals surface area contributed by atoms with Gasteiger partial charge in [-0.15, -0.1) is 0 Å². The molecule has 4 rings (SSSR count). The van der Waals surface area contributed by atoms with E-state index < -0.39 is 0 Å². The Hall–Kier alpha value is -2.20. The highest BCUT2D eigenvalue weighted by Gasteiger charge is 2.19. The number of fused-ring (bicyclic) bond motifs is 3. The number of aromatic nitrogens is 2. The van der Waals surface area contributed by atoms with Crippen molar-refractivity contribution in [1.29, 1.82) is 0 Å².